The molecule has 1 aromatic carbocycles. The maximum atomic E-state index is 13.5. The number of fused-ring (bicyclic) bond motifs is 1. The maximum Gasteiger partial charge on any atom is 0.132 e. The zero-order valence-corrected chi connectivity index (χ0v) is 8.20. The number of hydrogen-bond donors (Lipinski definition) is 3. The summed E-state index contributed by atoms with van der Waals surface area (Å²) in [6.07, 6.45) is 1.36. The summed E-state index contributed by atoms with van der Waals surface area (Å²) in [5.74, 6) is -0.320. The van der Waals surface area contributed by atoms with Crippen LogP contribution in [0.1, 0.15) is 18.1 Å². The van der Waals surface area contributed by atoms with E-state index < -0.39 is 6.10 Å². The molecule has 0 amide bonds. The molecule has 15 heavy (non-hydrogen) atoms. The maximum absolute atomic E-state index is 13.5. The summed E-state index contributed by atoms with van der Waals surface area (Å²) in [6.45, 7) is 0.377. The van der Waals surface area contributed by atoms with E-state index in [1.54, 1.807) is 18.3 Å². The van der Waals surface area contributed by atoms with Crippen LogP contribution in [0.4, 0.5) is 4.39 Å². The van der Waals surface area contributed by atoms with Gasteiger partial charge in [0.05, 0.1) is 6.10 Å². The normalized spacial score (nSPS) is 13.3. The van der Waals surface area contributed by atoms with Gasteiger partial charge in [0.25, 0.3) is 0 Å². The van der Waals surface area contributed by atoms with E-state index in [-0.39, 0.29) is 5.82 Å². The van der Waals surface area contributed by atoms with Gasteiger partial charge in [-0.2, -0.15) is 0 Å². The lowest BCUT2D eigenvalue weighted by atomic mass is 10.1. The molecule has 1 heterocycles. The predicted molar refractivity (Wildman–Crippen MR) is 56.9 cm³/mol. The van der Waals surface area contributed by atoms with Crippen LogP contribution in [-0.2, 0) is 0 Å². The van der Waals surface area contributed by atoms with Crippen molar-refractivity contribution < 1.29 is 9.50 Å². The quantitative estimate of drug-likeness (QED) is 0.718. The highest BCUT2D eigenvalue weighted by atomic mass is 19.1. The standard InChI is InChI=1S/C11H13FN2O/c12-8-2-1-3-9-11(8)7(6-14-9)10(15)4-5-13/h1-3,6,10,14-15H,4-5,13H2/t10-/m1/s1. The van der Waals surface area contributed by atoms with Crippen LogP contribution in [0.3, 0.4) is 0 Å². The number of halogens is 1. The number of nitrogens with one attached hydrogen (secondary N) is 1. The molecule has 2 rings (SSSR count). The molecule has 0 bridgehead atoms. The van der Waals surface area contributed by atoms with E-state index in [4.69, 9.17) is 5.73 Å². The van der Waals surface area contributed by atoms with Gasteiger partial charge in [-0.05, 0) is 25.1 Å². The van der Waals surface area contributed by atoms with Crippen molar-refractivity contribution in [3.05, 3.63) is 35.8 Å². The van der Waals surface area contributed by atoms with Gasteiger partial charge < -0.3 is 15.8 Å². The summed E-state index contributed by atoms with van der Waals surface area (Å²) in [6, 6.07) is 4.79. The van der Waals surface area contributed by atoms with Crippen LogP contribution < -0.4 is 5.73 Å². The number of aromatic nitrogens is 1. The molecule has 0 aliphatic carbocycles. The van der Waals surface area contributed by atoms with E-state index in [1.165, 1.54) is 6.07 Å². The van der Waals surface area contributed by atoms with Gasteiger partial charge in [0, 0.05) is 22.7 Å². The lowest BCUT2D eigenvalue weighted by Gasteiger charge is -2.07. The Morgan fingerprint density at radius 3 is 3.00 bits per heavy atom. The second-order valence-electron chi connectivity index (χ2n) is 3.50. The van der Waals surface area contributed by atoms with Crippen molar-refractivity contribution in [2.24, 2.45) is 5.73 Å². The smallest absolute Gasteiger partial charge is 0.132 e. The first-order valence-electron chi connectivity index (χ1n) is 4.87. The number of hydrogen-bond acceptors (Lipinski definition) is 2. The number of rotatable bonds is 3. The van der Waals surface area contributed by atoms with Gasteiger partial charge in [-0.1, -0.05) is 6.07 Å². The van der Waals surface area contributed by atoms with E-state index in [9.17, 15) is 9.50 Å². The third-order valence-electron chi connectivity index (χ3n) is 2.48. The third-order valence-corrected chi connectivity index (χ3v) is 2.48. The first-order chi connectivity index (χ1) is 7.24. The number of nitrogens with two attached hydrogens (primary N) is 1. The molecular weight excluding hydrogens is 195 g/mol. The second-order valence-corrected chi connectivity index (χ2v) is 3.50. The van der Waals surface area contributed by atoms with Crippen molar-refractivity contribution in [2.75, 3.05) is 6.54 Å². The Hall–Kier alpha value is -1.39. The molecule has 80 valence electrons. The third kappa shape index (κ3) is 1.73. The monoisotopic (exact) mass is 208 g/mol. The summed E-state index contributed by atoms with van der Waals surface area (Å²) in [5, 5.41) is 10.2. The van der Waals surface area contributed by atoms with Crippen molar-refractivity contribution in [1.82, 2.24) is 4.98 Å². The lowest BCUT2D eigenvalue weighted by Crippen LogP contribution is -2.06. The highest BCUT2D eigenvalue weighted by Crippen LogP contribution is 2.27. The van der Waals surface area contributed by atoms with Crippen molar-refractivity contribution in [1.29, 1.82) is 0 Å². The minimum Gasteiger partial charge on any atom is -0.388 e. The van der Waals surface area contributed by atoms with Gasteiger partial charge in [0.1, 0.15) is 5.82 Å². The van der Waals surface area contributed by atoms with Crippen LogP contribution in [0, 0.1) is 5.82 Å². The molecule has 3 nitrogen and oxygen atoms in total. The Labute approximate surface area is 86.7 Å². The topological polar surface area (TPSA) is 62.0 Å². The van der Waals surface area contributed by atoms with Gasteiger partial charge in [0.2, 0.25) is 0 Å². The molecule has 0 aliphatic rings. The van der Waals surface area contributed by atoms with Gasteiger partial charge in [-0.15, -0.1) is 0 Å². The second kappa shape index (κ2) is 4.00. The molecule has 1 aromatic heterocycles. The Kier molecular flexibility index (Phi) is 2.70. The summed E-state index contributed by atoms with van der Waals surface area (Å²) in [5.41, 5.74) is 6.63. The van der Waals surface area contributed by atoms with Crippen LogP contribution in [0.5, 0.6) is 0 Å². The van der Waals surface area contributed by atoms with Crippen LogP contribution in [0.15, 0.2) is 24.4 Å². The van der Waals surface area contributed by atoms with E-state index in [2.05, 4.69) is 4.98 Å². The van der Waals surface area contributed by atoms with Crippen LogP contribution in [-0.4, -0.2) is 16.6 Å². The van der Waals surface area contributed by atoms with Gasteiger partial charge in [-0.3, -0.25) is 0 Å². The number of aliphatic hydroxyl groups is 1. The van der Waals surface area contributed by atoms with Crippen molar-refractivity contribution in [3.8, 4) is 0 Å². The Balaban J connectivity index is 2.52. The van der Waals surface area contributed by atoms with Crippen molar-refractivity contribution >= 4 is 10.9 Å². The molecular formula is C11H13FN2O. The van der Waals surface area contributed by atoms with Crippen LogP contribution in [0.2, 0.25) is 0 Å². The fourth-order valence-corrected chi connectivity index (χ4v) is 1.74. The number of aromatic amines is 1. The molecule has 0 aliphatic heterocycles. The average molecular weight is 208 g/mol. The van der Waals surface area contributed by atoms with Gasteiger partial charge in [-0.25, -0.2) is 4.39 Å². The summed E-state index contributed by atoms with van der Waals surface area (Å²) in [4.78, 5) is 2.93. The molecule has 0 saturated heterocycles. The first kappa shape index (κ1) is 10.1. The molecule has 0 spiro atoms. The van der Waals surface area contributed by atoms with E-state index >= 15 is 0 Å². The zero-order chi connectivity index (χ0) is 10.8. The first-order valence-corrected chi connectivity index (χ1v) is 4.87. The van der Waals surface area contributed by atoms with Crippen molar-refractivity contribution in [3.63, 3.8) is 0 Å². The Bertz CT molecular complexity index is 467. The number of aliphatic hydroxyl groups excluding tert-OH is 1. The van der Waals surface area contributed by atoms with Crippen LogP contribution in [0.25, 0.3) is 10.9 Å². The predicted octanol–water partition coefficient (Wildman–Crippen LogP) is 1.69. The molecule has 4 N–H and O–H groups in total. The van der Waals surface area contributed by atoms with Crippen LogP contribution >= 0.6 is 0 Å². The molecule has 0 unspecified atom stereocenters. The minimum absolute atomic E-state index is 0.320. The van der Waals surface area contributed by atoms with Gasteiger partial charge >= 0.3 is 0 Å². The molecule has 0 radical (unpaired) electrons. The molecule has 2 aromatic rings. The number of H-pyrrole nitrogens is 1. The fraction of sp³-hybridized carbons (Fsp3) is 0.273. The average Bonchev–Trinajstić information content (AvgIpc) is 2.63. The zero-order valence-electron chi connectivity index (χ0n) is 8.20. The van der Waals surface area contributed by atoms with E-state index in [0.29, 0.717) is 29.4 Å². The van der Waals surface area contributed by atoms with Gasteiger partial charge in [0.15, 0.2) is 0 Å². The van der Waals surface area contributed by atoms with Crippen molar-refractivity contribution in [2.45, 2.75) is 12.5 Å². The highest BCUT2D eigenvalue weighted by molar-refractivity contribution is 5.84. The minimum atomic E-state index is -0.708. The van der Waals surface area contributed by atoms with E-state index in [0.717, 1.165) is 0 Å². The highest BCUT2D eigenvalue weighted by Gasteiger charge is 2.14. The largest absolute Gasteiger partial charge is 0.388 e. The Morgan fingerprint density at radius 2 is 2.27 bits per heavy atom. The Morgan fingerprint density at radius 1 is 1.47 bits per heavy atom. The molecule has 4 heteroatoms. The summed E-state index contributed by atoms with van der Waals surface area (Å²) in [7, 11) is 0. The summed E-state index contributed by atoms with van der Waals surface area (Å²) >= 11 is 0. The fourth-order valence-electron chi connectivity index (χ4n) is 1.74. The lowest BCUT2D eigenvalue weighted by molar-refractivity contribution is 0.171. The molecule has 0 saturated carbocycles. The SMILES string of the molecule is NCC[C@@H](O)c1c[nH]c2cccc(F)c12. The van der Waals surface area contributed by atoms with E-state index in [1.807, 2.05) is 0 Å². The number of benzene rings is 1. The molecule has 0 fully saturated rings. The summed E-state index contributed by atoms with van der Waals surface area (Å²) < 4.78 is 13.5. The molecule has 1 atom stereocenters.